The van der Waals surface area contributed by atoms with Crippen LogP contribution in [-0.2, 0) is 19.3 Å². The van der Waals surface area contributed by atoms with Crippen molar-refractivity contribution in [3.63, 3.8) is 0 Å². The zero-order chi connectivity index (χ0) is 38.7. The van der Waals surface area contributed by atoms with Gasteiger partial charge in [-0.3, -0.25) is 0 Å². The first-order chi connectivity index (χ1) is 24.8. The monoisotopic (exact) mass is 754 g/mol. The lowest BCUT2D eigenvalue weighted by Crippen LogP contribution is -2.69. The molecule has 8 nitrogen and oxygen atoms in total. The highest BCUT2D eigenvalue weighted by Gasteiger charge is 2.69. The van der Waals surface area contributed by atoms with Crippen molar-refractivity contribution < 1.29 is 27.8 Å². The fourth-order valence-corrected chi connectivity index (χ4v) is 14.8. The number of nitrogens with one attached hydrogen (secondary N) is 1. The highest BCUT2D eigenvalue weighted by Crippen LogP contribution is 2.75. The maximum Gasteiger partial charge on any atom is 0.335 e. The lowest BCUT2D eigenvalue weighted by molar-refractivity contribution is -0.226. The molecule has 1 heterocycles. The van der Waals surface area contributed by atoms with E-state index in [2.05, 4.69) is 64.8 Å². The highest BCUT2D eigenvalue weighted by atomic mass is 32.2. The van der Waals surface area contributed by atoms with Crippen molar-refractivity contribution in [3.05, 3.63) is 41.5 Å². The SMILES string of the molecule is CCC1(NCCN2CCS(=O)(=O)CC2)CCC2(C)C(CCC3C4(C)CC=C(c5ccc(C(=O)O)cc5)C(C)(C)C4CCC32C)C1CC(C)(COC)OC. The number of carboxylic acids is 1. The third-order valence-corrected chi connectivity index (χ3v) is 18.4. The Bertz CT molecular complexity index is 1630. The normalized spacial score (nSPS) is 39.2. The van der Waals surface area contributed by atoms with E-state index in [1.807, 2.05) is 19.2 Å². The Kier molecular flexibility index (Phi) is 11.3. The number of sulfone groups is 1. The van der Waals surface area contributed by atoms with Crippen molar-refractivity contribution in [2.24, 2.45) is 45.3 Å². The van der Waals surface area contributed by atoms with E-state index in [0.29, 0.717) is 48.9 Å². The highest BCUT2D eigenvalue weighted by molar-refractivity contribution is 7.91. The van der Waals surface area contributed by atoms with E-state index in [-0.39, 0.29) is 44.3 Å². The largest absolute Gasteiger partial charge is 0.478 e. The Hall–Kier alpha value is -1.78. The van der Waals surface area contributed by atoms with Gasteiger partial charge >= 0.3 is 5.97 Å². The van der Waals surface area contributed by atoms with Crippen LogP contribution < -0.4 is 5.32 Å². The van der Waals surface area contributed by atoms with Crippen LogP contribution in [0.4, 0.5) is 0 Å². The van der Waals surface area contributed by atoms with Crippen molar-refractivity contribution >= 4 is 21.4 Å². The molecule has 3 saturated carbocycles. The van der Waals surface area contributed by atoms with Crippen LogP contribution in [-0.4, -0.2) is 94.0 Å². The summed E-state index contributed by atoms with van der Waals surface area (Å²) in [7, 11) is 0.735. The van der Waals surface area contributed by atoms with E-state index >= 15 is 0 Å². The molecule has 1 saturated heterocycles. The summed E-state index contributed by atoms with van der Waals surface area (Å²) in [5, 5.41) is 13.7. The molecule has 1 aromatic carbocycles. The van der Waals surface area contributed by atoms with Gasteiger partial charge in [-0.05, 0) is 133 Å². The Balaban J connectivity index is 1.30. The van der Waals surface area contributed by atoms with Crippen LogP contribution in [0.3, 0.4) is 0 Å². The molecule has 2 N–H and O–H groups in total. The molecule has 0 radical (unpaired) electrons. The smallest absolute Gasteiger partial charge is 0.335 e. The lowest BCUT2D eigenvalue weighted by Gasteiger charge is -2.73. The van der Waals surface area contributed by atoms with E-state index in [0.717, 1.165) is 44.3 Å². The maximum atomic E-state index is 12.1. The molecule has 9 unspecified atom stereocenters. The molecular weight excluding hydrogens is 685 g/mol. The number of rotatable bonds is 12. The summed E-state index contributed by atoms with van der Waals surface area (Å²) in [5.41, 5.74) is 3.00. The van der Waals surface area contributed by atoms with Gasteiger partial charge in [-0.15, -0.1) is 0 Å². The third kappa shape index (κ3) is 6.99. The molecule has 6 rings (SSSR count). The molecule has 0 bridgehead atoms. The topological polar surface area (TPSA) is 105 Å². The zero-order valence-corrected chi connectivity index (χ0v) is 35.2. The molecule has 4 aliphatic carbocycles. The maximum absolute atomic E-state index is 12.1. The van der Waals surface area contributed by atoms with Gasteiger partial charge in [-0.25, -0.2) is 13.2 Å². The van der Waals surface area contributed by atoms with Gasteiger partial charge in [-0.1, -0.05) is 59.8 Å². The van der Waals surface area contributed by atoms with Gasteiger partial charge < -0.3 is 24.8 Å². The number of allylic oxidation sites excluding steroid dienone is 2. The van der Waals surface area contributed by atoms with Crippen molar-refractivity contribution in [2.45, 2.75) is 117 Å². The summed E-state index contributed by atoms with van der Waals surface area (Å²) >= 11 is 0. The average molecular weight is 755 g/mol. The molecule has 1 aromatic rings. The predicted molar refractivity (Wildman–Crippen MR) is 214 cm³/mol. The Morgan fingerprint density at radius 2 is 1.64 bits per heavy atom. The fourth-order valence-electron chi connectivity index (χ4n) is 13.6. The first-order valence-electron chi connectivity index (χ1n) is 20.6. The van der Waals surface area contributed by atoms with Gasteiger partial charge in [0.05, 0.1) is 29.3 Å². The van der Waals surface area contributed by atoms with Gasteiger partial charge in [0.1, 0.15) is 0 Å². The van der Waals surface area contributed by atoms with Gasteiger partial charge in [0.2, 0.25) is 0 Å². The minimum absolute atomic E-state index is 0.0216. The van der Waals surface area contributed by atoms with Gasteiger partial charge in [0, 0.05) is 45.9 Å². The number of benzene rings is 1. The Morgan fingerprint density at radius 1 is 0.962 bits per heavy atom. The number of ether oxygens (including phenoxy) is 2. The summed E-state index contributed by atoms with van der Waals surface area (Å²) in [4.78, 5) is 13.9. The number of methoxy groups -OCH3 is 2. The lowest BCUT2D eigenvalue weighted by atomic mass is 9.32. The van der Waals surface area contributed by atoms with Crippen molar-refractivity contribution in [1.29, 1.82) is 0 Å². The number of aromatic carboxylic acids is 1. The van der Waals surface area contributed by atoms with Crippen LogP contribution in [0.25, 0.3) is 5.57 Å². The summed E-state index contributed by atoms with van der Waals surface area (Å²) in [6.07, 6.45) is 12.8. The first kappa shape index (κ1) is 40.9. The van der Waals surface area contributed by atoms with Crippen molar-refractivity contribution in [2.75, 3.05) is 58.5 Å². The van der Waals surface area contributed by atoms with E-state index in [1.165, 1.54) is 37.7 Å². The Morgan fingerprint density at radius 3 is 2.25 bits per heavy atom. The number of nitrogens with zero attached hydrogens (tertiary/aromatic N) is 1. The van der Waals surface area contributed by atoms with Crippen LogP contribution in [0, 0.1) is 45.3 Å². The first-order valence-corrected chi connectivity index (χ1v) is 22.4. The van der Waals surface area contributed by atoms with Gasteiger partial charge in [-0.2, -0.15) is 0 Å². The quantitative estimate of drug-likeness (QED) is 0.222. The summed E-state index contributed by atoms with van der Waals surface area (Å²) in [6.45, 7) is 21.1. The predicted octanol–water partition coefficient (Wildman–Crippen LogP) is 7.97. The molecule has 9 atom stereocenters. The molecule has 0 spiro atoms. The minimum atomic E-state index is -2.90. The second kappa shape index (κ2) is 14.6. The fraction of sp³-hybridized carbons (Fsp3) is 0.795. The van der Waals surface area contributed by atoms with Gasteiger partial charge in [0.25, 0.3) is 0 Å². The number of fused-ring (bicyclic) bond motifs is 5. The van der Waals surface area contributed by atoms with E-state index < -0.39 is 15.8 Å². The molecule has 53 heavy (non-hydrogen) atoms. The number of carboxylic acid groups (broad SMARTS) is 1. The zero-order valence-electron chi connectivity index (χ0n) is 34.4. The molecule has 4 fully saturated rings. The molecule has 9 heteroatoms. The van der Waals surface area contributed by atoms with Crippen LogP contribution >= 0.6 is 0 Å². The average Bonchev–Trinajstić information content (AvgIpc) is 3.10. The molecular formula is C44H70N2O6S. The van der Waals surface area contributed by atoms with Gasteiger partial charge in [0.15, 0.2) is 9.84 Å². The van der Waals surface area contributed by atoms with Crippen LogP contribution in [0.15, 0.2) is 30.3 Å². The third-order valence-electron chi connectivity index (χ3n) is 16.8. The molecule has 298 valence electrons. The van der Waals surface area contributed by atoms with Crippen molar-refractivity contribution in [3.8, 4) is 0 Å². The van der Waals surface area contributed by atoms with Crippen LogP contribution in [0.5, 0.6) is 0 Å². The second-order valence-electron chi connectivity index (χ2n) is 19.4. The standard InChI is InChI=1S/C44H70N2O6S/c1-10-44(45-23-24-46-25-27-53(49,50)28-26-46)22-21-42(6)34(35(44)29-40(4,52-9)30-51-8)15-16-37-41(5)19-17-33(31-11-13-32(14-12-31)38(47)48)39(2,3)36(41)18-20-43(37,42)7/h11-14,17,34-37,45H,10,15-16,18-30H2,1-9H3,(H,47,48). The second-order valence-corrected chi connectivity index (χ2v) is 21.7. The summed E-state index contributed by atoms with van der Waals surface area (Å²) < 4.78 is 36.3. The van der Waals surface area contributed by atoms with Crippen molar-refractivity contribution in [1.82, 2.24) is 10.2 Å². The van der Waals surface area contributed by atoms with E-state index in [1.54, 1.807) is 19.2 Å². The molecule has 0 amide bonds. The number of carbonyl (C=O) groups is 1. The summed E-state index contributed by atoms with van der Waals surface area (Å²) in [6, 6.07) is 7.55. The molecule has 1 aliphatic heterocycles. The molecule has 0 aromatic heterocycles. The number of hydrogen-bond acceptors (Lipinski definition) is 7. The summed E-state index contributed by atoms with van der Waals surface area (Å²) in [5.74, 6) is 1.79. The number of hydrogen-bond donors (Lipinski definition) is 2. The van der Waals surface area contributed by atoms with Crippen LogP contribution in [0.1, 0.15) is 122 Å². The van der Waals surface area contributed by atoms with E-state index in [9.17, 15) is 18.3 Å². The van der Waals surface area contributed by atoms with E-state index in [4.69, 9.17) is 9.47 Å². The van der Waals surface area contributed by atoms with Crippen LogP contribution in [0.2, 0.25) is 0 Å². The minimum Gasteiger partial charge on any atom is -0.478 e. The Labute approximate surface area is 321 Å². The molecule has 5 aliphatic rings.